The van der Waals surface area contributed by atoms with Crippen molar-refractivity contribution >= 4 is 27.9 Å². The maximum absolute atomic E-state index is 4.79. The van der Waals surface area contributed by atoms with Gasteiger partial charge in [0.05, 0.1) is 0 Å². The van der Waals surface area contributed by atoms with E-state index in [2.05, 4.69) is 46.2 Å². The van der Waals surface area contributed by atoms with Gasteiger partial charge in [0.15, 0.2) is 16.6 Å². The van der Waals surface area contributed by atoms with Crippen molar-refractivity contribution in [1.82, 2.24) is 30.1 Å². The Kier molecular flexibility index (Phi) is 4.96. The number of aromatic nitrogens is 5. The van der Waals surface area contributed by atoms with Crippen LogP contribution in [0.1, 0.15) is 31.5 Å². The van der Waals surface area contributed by atoms with Gasteiger partial charge in [0, 0.05) is 62.7 Å². The lowest BCUT2D eigenvalue weighted by atomic mass is 9.96. The van der Waals surface area contributed by atoms with Crippen LogP contribution in [-0.4, -0.2) is 58.5 Å². The monoisotopic (exact) mass is 400 g/mol. The highest BCUT2D eigenvalue weighted by atomic mass is 32.1. The Morgan fingerprint density at radius 3 is 2.68 bits per heavy atom. The average molecular weight is 401 g/mol. The Hall–Kier alpha value is -2.26. The van der Waals surface area contributed by atoms with E-state index < -0.39 is 0 Å². The maximum atomic E-state index is 4.79. The topological polar surface area (TPSA) is 74.5 Å². The van der Waals surface area contributed by atoms with Gasteiger partial charge in [-0.1, -0.05) is 20.8 Å². The van der Waals surface area contributed by atoms with E-state index in [0.29, 0.717) is 5.92 Å². The summed E-state index contributed by atoms with van der Waals surface area (Å²) >= 11 is 1.74. The number of anilines is 2. The van der Waals surface area contributed by atoms with Gasteiger partial charge < -0.3 is 15.1 Å². The van der Waals surface area contributed by atoms with Crippen LogP contribution in [0, 0.1) is 5.92 Å². The number of hydrogen-bond donors (Lipinski definition) is 1. The molecular weight excluding hydrogens is 372 g/mol. The van der Waals surface area contributed by atoms with Gasteiger partial charge in [-0.25, -0.2) is 4.98 Å². The largest absolute Gasteiger partial charge is 0.354 e. The number of hydrogen-bond acceptors (Lipinski definition) is 8. The smallest absolute Gasteiger partial charge is 0.185 e. The number of nitrogens with zero attached hydrogens (tertiary/aromatic N) is 7. The van der Waals surface area contributed by atoms with Crippen LogP contribution >= 0.6 is 11.3 Å². The summed E-state index contributed by atoms with van der Waals surface area (Å²) in [7, 11) is 4.04. The van der Waals surface area contributed by atoms with Crippen molar-refractivity contribution in [3.05, 3.63) is 29.0 Å². The molecular formula is C19H28N8S. The number of fused-ring (bicyclic) bond motifs is 1. The molecule has 0 bridgehead atoms. The van der Waals surface area contributed by atoms with Crippen LogP contribution in [0.3, 0.4) is 0 Å². The fraction of sp³-hybridized carbons (Fsp3) is 0.579. The summed E-state index contributed by atoms with van der Waals surface area (Å²) in [6, 6.07) is 4.04. The zero-order valence-electron chi connectivity index (χ0n) is 17.2. The average Bonchev–Trinajstić information content (AvgIpc) is 3.22. The molecule has 0 spiro atoms. The second kappa shape index (κ2) is 7.29. The summed E-state index contributed by atoms with van der Waals surface area (Å²) in [6.07, 6.45) is 1.96. The zero-order valence-corrected chi connectivity index (χ0v) is 18.0. The van der Waals surface area contributed by atoms with E-state index in [9.17, 15) is 0 Å². The Morgan fingerprint density at radius 2 is 2.00 bits per heavy atom. The predicted molar refractivity (Wildman–Crippen MR) is 113 cm³/mol. The van der Waals surface area contributed by atoms with Crippen LogP contribution in [0.2, 0.25) is 0 Å². The number of nitrogens with one attached hydrogen (secondary N) is 1. The summed E-state index contributed by atoms with van der Waals surface area (Å²) < 4.78 is 1.88. The lowest BCUT2D eigenvalue weighted by molar-refractivity contribution is 0.381. The SMILES string of the molecule is CN(C)c1ncc(CNCC2CN(c3ccc4nnc(C(C)(C)C)n4n3)C2)s1. The van der Waals surface area contributed by atoms with E-state index in [-0.39, 0.29) is 5.41 Å². The first-order valence-electron chi connectivity index (χ1n) is 9.62. The minimum Gasteiger partial charge on any atom is -0.354 e. The van der Waals surface area contributed by atoms with Gasteiger partial charge in [0.25, 0.3) is 0 Å². The number of thiazole rings is 1. The van der Waals surface area contributed by atoms with Crippen molar-refractivity contribution in [2.45, 2.75) is 32.7 Å². The first kappa shape index (κ1) is 19.1. The first-order chi connectivity index (χ1) is 13.3. The van der Waals surface area contributed by atoms with Crippen LogP contribution in [-0.2, 0) is 12.0 Å². The molecule has 0 aromatic carbocycles. The summed E-state index contributed by atoms with van der Waals surface area (Å²) in [4.78, 5) is 10.1. The Labute approximate surface area is 169 Å². The molecule has 4 heterocycles. The molecule has 0 unspecified atom stereocenters. The normalized spacial score (nSPS) is 15.2. The molecule has 0 aliphatic carbocycles. The Bertz CT molecular complexity index is 948. The van der Waals surface area contributed by atoms with E-state index in [1.807, 2.05) is 41.8 Å². The van der Waals surface area contributed by atoms with Gasteiger partial charge in [-0.2, -0.15) is 4.52 Å². The van der Waals surface area contributed by atoms with Crippen LogP contribution in [0.5, 0.6) is 0 Å². The Balaban J connectivity index is 1.31. The quantitative estimate of drug-likeness (QED) is 0.680. The van der Waals surface area contributed by atoms with Crippen molar-refractivity contribution < 1.29 is 0 Å². The first-order valence-corrected chi connectivity index (χ1v) is 10.4. The predicted octanol–water partition coefficient (Wildman–Crippen LogP) is 2.17. The highest BCUT2D eigenvalue weighted by Crippen LogP contribution is 2.25. The fourth-order valence-corrected chi connectivity index (χ4v) is 4.09. The van der Waals surface area contributed by atoms with E-state index in [1.54, 1.807) is 11.3 Å². The molecule has 0 radical (unpaired) electrons. The van der Waals surface area contributed by atoms with Crippen molar-refractivity contribution in [2.24, 2.45) is 5.92 Å². The zero-order chi connectivity index (χ0) is 19.9. The lowest BCUT2D eigenvalue weighted by Crippen LogP contribution is -2.51. The number of rotatable bonds is 6. The van der Waals surface area contributed by atoms with E-state index in [4.69, 9.17) is 5.10 Å². The van der Waals surface area contributed by atoms with Gasteiger partial charge in [-0.05, 0) is 12.1 Å². The molecule has 0 saturated carbocycles. The minimum absolute atomic E-state index is 0.0878. The molecule has 0 atom stereocenters. The molecule has 1 aliphatic heterocycles. The summed E-state index contributed by atoms with van der Waals surface area (Å²) in [5.74, 6) is 2.53. The second-order valence-electron chi connectivity index (χ2n) is 8.64. The third-order valence-corrected chi connectivity index (χ3v) is 6.02. The molecule has 3 aromatic rings. The maximum Gasteiger partial charge on any atom is 0.185 e. The molecule has 8 nitrogen and oxygen atoms in total. The van der Waals surface area contributed by atoms with Crippen molar-refractivity contribution in [2.75, 3.05) is 43.5 Å². The molecule has 4 rings (SSSR count). The standard InChI is InChI=1S/C19H28N8S/c1-19(2,3)17-23-22-15-6-7-16(24-27(15)17)26-11-13(12-26)8-20-9-14-10-21-18(28-14)25(4)5/h6-7,10,13,20H,8-9,11-12H2,1-5H3. The third kappa shape index (κ3) is 3.81. The van der Waals surface area contributed by atoms with Crippen LogP contribution in [0.25, 0.3) is 5.65 Å². The fourth-order valence-electron chi connectivity index (χ4n) is 3.29. The van der Waals surface area contributed by atoms with Gasteiger partial charge in [-0.3, -0.25) is 0 Å². The van der Waals surface area contributed by atoms with E-state index in [0.717, 1.165) is 48.6 Å². The van der Waals surface area contributed by atoms with Crippen LogP contribution < -0.4 is 15.1 Å². The molecule has 9 heteroatoms. The second-order valence-corrected chi connectivity index (χ2v) is 9.73. The Morgan fingerprint density at radius 1 is 1.21 bits per heavy atom. The van der Waals surface area contributed by atoms with E-state index in [1.165, 1.54) is 4.88 Å². The van der Waals surface area contributed by atoms with Crippen molar-refractivity contribution in [1.29, 1.82) is 0 Å². The summed E-state index contributed by atoms with van der Waals surface area (Å²) in [5.41, 5.74) is 0.712. The van der Waals surface area contributed by atoms with Crippen molar-refractivity contribution in [3.8, 4) is 0 Å². The highest BCUT2D eigenvalue weighted by molar-refractivity contribution is 7.15. The van der Waals surface area contributed by atoms with Gasteiger partial charge >= 0.3 is 0 Å². The van der Waals surface area contributed by atoms with E-state index >= 15 is 0 Å². The summed E-state index contributed by atoms with van der Waals surface area (Å²) in [5, 5.41) is 18.0. The van der Waals surface area contributed by atoms with Gasteiger partial charge in [0.1, 0.15) is 5.82 Å². The lowest BCUT2D eigenvalue weighted by Gasteiger charge is -2.40. The highest BCUT2D eigenvalue weighted by Gasteiger charge is 2.29. The molecule has 150 valence electrons. The minimum atomic E-state index is -0.0878. The molecule has 1 aliphatic rings. The van der Waals surface area contributed by atoms with Crippen molar-refractivity contribution in [3.63, 3.8) is 0 Å². The molecule has 1 saturated heterocycles. The molecule has 1 fully saturated rings. The molecule has 28 heavy (non-hydrogen) atoms. The molecule has 3 aromatic heterocycles. The van der Waals surface area contributed by atoms with Gasteiger partial charge in [0.2, 0.25) is 0 Å². The van der Waals surface area contributed by atoms with Crippen LogP contribution in [0.4, 0.5) is 10.9 Å². The van der Waals surface area contributed by atoms with Gasteiger partial charge in [-0.15, -0.1) is 26.6 Å². The molecule has 0 amide bonds. The van der Waals surface area contributed by atoms with Crippen LogP contribution in [0.15, 0.2) is 18.3 Å². The third-order valence-electron chi connectivity index (χ3n) is 4.86. The summed E-state index contributed by atoms with van der Waals surface area (Å²) in [6.45, 7) is 10.3. The molecule has 1 N–H and O–H groups in total.